The van der Waals surface area contributed by atoms with Crippen LogP contribution in [0.5, 0.6) is 0 Å². The average Bonchev–Trinajstić information content (AvgIpc) is 2.73. The first-order chi connectivity index (χ1) is 13.9. The van der Waals surface area contributed by atoms with E-state index < -0.39 is 36.0 Å². The van der Waals surface area contributed by atoms with Gasteiger partial charge in [0.15, 0.2) is 0 Å². The topological polar surface area (TPSA) is 111 Å². The summed E-state index contributed by atoms with van der Waals surface area (Å²) in [5.41, 5.74) is 1.08. The summed E-state index contributed by atoms with van der Waals surface area (Å²) in [4.78, 5) is 48.5. The molecule has 8 heteroatoms. The van der Waals surface area contributed by atoms with Gasteiger partial charge < -0.3 is 20.1 Å². The van der Waals surface area contributed by atoms with Gasteiger partial charge in [-0.25, -0.2) is 4.79 Å². The van der Waals surface area contributed by atoms with E-state index in [-0.39, 0.29) is 12.0 Å². The van der Waals surface area contributed by atoms with E-state index in [2.05, 4.69) is 10.6 Å². The molecule has 8 nitrogen and oxygen atoms in total. The summed E-state index contributed by atoms with van der Waals surface area (Å²) in [5, 5.41) is 4.82. The number of ether oxygens (including phenoxy) is 2. The van der Waals surface area contributed by atoms with E-state index in [1.807, 2.05) is 6.07 Å². The third kappa shape index (κ3) is 6.76. The maximum atomic E-state index is 12.7. The summed E-state index contributed by atoms with van der Waals surface area (Å²) >= 11 is 0. The van der Waals surface area contributed by atoms with Crippen LogP contribution >= 0.6 is 0 Å². The zero-order valence-corrected chi connectivity index (χ0v) is 16.1. The molecule has 0 bridgehead atoms. The quantitative estimate of drug-likeness (QED) is 0.511. The zero-order valence-electron chi connectivity index (χ0n) is 16.1. The Bertz CT molecular complexity index is 854. The average molecular weight is 398 g/mol. The molecule has 0 aliphatic heterocycles. The Labute approximate surface area is 168 Å². The molecule has 0 heterocycles. The van der Waals surface area contributed by atoms with Crippen LogP contribution in [0, 0.1) is 0 Å². The molecule has 0 unspecified atom stereocenters. The van der Waals surface area contributed by atoms with Crippen LogP contribution in [-0.2, 0) is 30.3 Å². The number of methoxy groups -OCH3 is 1. The highest BCUT2D eigenvalue weighted by atomic mass is 16.6. The van der Waals surface area contributed by atoms with Crippen LogP contribution in [0.4, 0.5) is 0 Å². The van der Waals surface area contributed by atoms with Crippen LogP contribution in [0.1, 0.15) is 22.8 Å². The summed E-state index contributed by atoms with van der Waals surface area (Å²) in [6.07, 6.45) is -1.44. The van der Waals surface area contributed by atoms with Crippen LogP contribution in [0.15, 0.2) is 60.7 Å². The van der Waals surface area contributed by atoms with Crippen molar-refractivity contribution in [3.8, 4) is 0 Å². The Morgan fingerprint density at radius 2 is 1.48 bits per heavy atom. The molecule has 0 spiro atoms. The fourth-order valence-corrected chi connectivity index (χ4v) is 2.54. The van der Waals surface area contributed by atoms with Gasteiger partial charge >= 0.3 is 11.9 Å². The first-order valence-corrected chi connectivity index (χ1v) is 8.86. The predicted molar refractivity (Wildman–Crippen MR) is 104 cm³/mol. The van der Waals surface area contributed by atoms with Crippen LogP contribution in [0.3, 0.4) is 0 Å². The van der Waals surface area contributed by atoms with Crippen LogP contribution < -0.4 is 10.6 Å². The Hall–Kier alpha value is -3.68. The minimum Gasteiger partial charge on any atom is -0.467 e. The Morgan fingerprint density at radius 3 is 2.03 bits per heavy atom. The second-order valence-electron chi connectivity index (χ2n) is 6.10. The van der Waals surface area contributed by atoms with Gasteiger partial charge in [-0.3, -0.25) is 14.4 Å². The standard InChI is InChI=1S/C21H22N2O6/c1-14(24)29-20(23-18(25)16-11-7-4-8-12-16)19(26)22-17(21(27)28-2)13-15-9-5-3-6-10-15/h3-12,17,20H,13H2,1-2H3,(H,22,26)(H,23,25)/t17-,20-/m0/s1. The van der Waals surface area contributed by atoms with Crippen molar-refractivity contribution in [3.05, 3.63) is 71.8 Å². The van der Waals surface area contributed by atoms with Crippen LogP contribution in [-0.4, -0.2) is 43.1 Å². The van der Waals surface area contributed by atoms with Gasteiger partial charge in [-0.05, 0) is 17.7 Å². The molecule has 2 aromatic carbocycles. The second kappa shape index (κ2) is 10.6. The molecule has 0 radical (unpaired) electrons. The van der Waals surface area contributed by atoms with Crippen molar-refractivity contribution in [1.29, 1.82) is 0 Å². The van der Waals surface area contributed by atoms with Gasteiger partial charge in [0.25, 0.3) is 18.0 Å². The number of nitrogens with one attached hydrogen (secondary N) is 2. The van der Waals surface area contributed by atoms with E-state index in [4.69, 9.17) is 9.47 Å². The van der Waals surface area contributed by atoms with Gasteiger partial charge in [0.2, 0.25) is 0 Å². The number of hydrogen-bond donors (Lipinski definition) is 2. The van der Waals surface area contributed by atoms with Gasteiger partial charge in [0, 0.05) is 18.9 Å². The van der Waals surface area contributed by atoms with Gasteiger partial charge in [0.1, 0.15) is 6.04 Å². The molecule has 0 aliphatic rings. The van der Waals surface area contributed by atoms with Crippen molar-refractivity contribution in [2.45, 2.75) is 25.6 Å². The van der Waals surface area contributed by atoms with E-state index in [9.17, 15) is 19.2 Å². The smallest absolute Gasteiger partial charge is 0.328 e. The Balaban J connectivity index is 2.14. The van der Waals surface area contributed by atoms with Crippen LogP contribution in [0.25, 0.3) is 0 Å². The largest absolute Gasteiger partial charge is 0.467 e. The second-order valence-corrected chi connectivity index (χ2v) is 6.10. The lowest BCUT2D eigenvalue weighted by atomic mass is 10.1. The number of carbonyl (C=O) groups excluding carboxylic acids is 4. The highest BCUT2D eigenvalue weighted by Gasteiger charge is 2.29. The van der Waals surface area contributed by atoms with Gasteiger partial charge in [0.05, 0.1) is 7.11 Å². The molecule has 0 aromatic heterocycles. The predicted octanol–water partition coefficient (Wildman–Crippen LogP) is 1.21. The molecule has 2 aromatic rings. The lowest BCUT2D eigenvalue weighted by Crippen LogP contribution is -2.54. The molecule has 152 valence electrons. The van der Waals surface area contributed by atoms with E-state index in [1.165, 1.54) is 7.11 Å². The molecule has 0 saturated carbocycles. The fraction of sp³-hybridized carbons (Fsp3) is 0.238. The van der Waals surface area contributed by atoms with Gasteiger partial charge in [-0.15, -0.1) is 0 Å². The molecule has 2 N–H and O–H groups in total. The minimum absolute atomic E-state index is 0.165. The van der Waals surface area contributed by atoms with Crippen molar-refractivity contribution in [2.75, 3.05) is 7.11 Å². The monoisotopic (exact) mass is 398 g/mol. The van der Waals surface area contributed by atoms with Gasteiger partial charge in [-0.2, -0.15) is 0 Å². The van der Waals surface area contributed by atoms with E-state index in [1.54, 1.807) is 54.6 Å². The molecule has 0 aliphatic carbocycles. The molecular formula is C21H22N2O6. The third-order valence-electron chi connectivity index (χ3n) is 3.90. The SMILES string of the molecule is COC(=O)[C@H](Cc1ccccc1)NC(=O)[C@@H](NC(=O)c1ccccc1)OC(C)=O. The number of esters is 2. The van der Waals surface area contributed by atoms with Gasteiger partial charge in [-0.1, -0.05) is 48.5 Å². The fourth-order valence-electron chi connectivity index (χ4n) is 2.54. The van der Waals surface area contributed by atoms with Crippen LogP contribution in [0.2, 0.25) is 0 Å². The first-order valence-electron chi connectivity index (χ1n) is 8.86. The number of amides is 2. The Kier molecular flexibility index (Phi) is 7.90. The maximum absolute atomic E-state index is 12.7. The Morgan fingerprint density at radius 1 is 0.897 bits per heavy atom. The summed E-state index contributed by atoms with van der Waals surface area (Å²) in [6.45, 7) is 1.11. The number of rotatable bonds is 8. The third-order valence-corrected chi connectivity index (χ3v) is 3.90. The molecule has 2 atom stereocenters. The lowest BCUT2D eigenvalue weighted by molar-refractivity contribution is -0.156. The zero-order chi connectivity index (χ0) is 21.2. The lowest BCUT2D eigenvalue weighted by Gasteiger charge is -2.22. The van der Waals surface area contributed by atoms with Crippen molar-refractivity contribution in [2.24, 2.45) is 0 Å². The van der Waals surface area contributed by atoms with E-state index in [0.717, 1.165) is 12.5 Å². The van der Waals surface area contributed by atoms with Crippen molar-refractivity contribution in [3.63, 3.8) is 0 Å². The molecule has 29 heavy (non-hydrogen) atoms. The highest BCUT2D eigenvalue weighted by Crippen LogP contribution is 2.06. The summed E-state index contributed by atoms with van der Waals surface area (Å²) < 4.78 is 9.68. The summed E-state index contributed by atoms with van der Waals surface area (Å²) in [7, 11) is 1.20. The summed E-state index contributed by atoms with van der Waals surface area (Å²) in [6, 6.07) is 16.1. The van der Waals surface area contributed by atoms with Crippen molar-refractivity contribution in [1.82, 2.24) is 10.6 Å². The van der Waals surface area contributed by atoms with Crippen molar-refractivity contribution >= 4 is 23.8 Å². The van der Waals surface area contributed by atoms with E-state index >= 15 is 0 Å². The maximum Gasteiger partial charge on any atom is 0.328 e. The molecule has 2 rings (SSSR count). The highest BCUT2D eigenvalue weighted by molar-refractivity contribution is 5.98. The summed E-state index contributed by atoms with van der Waals surface area (Å²) in [5.74, 6) is -2.89. The number of carbonyl (C=O) groups is 4. The molecular weight excluding hydrogens is 376 g/mol. The first kappa shape index (κ1) is 21.6. The van der Waals surface area contributed by atoms with Crippen molar-refractivity contribution < 1.29 is 28.7 Å². The molecule has 0 saturated heterocycles. The minimum atomic E-state index is -1.61. The number of benzene rings is 2. The molecule has 0 fully saturated rings. The molecule has 2 amide bonds. The van der Waals surface area contributed by atoms with E-state index in [0.29, 0.717) is 0 Å². The number of hydrogen-bond acceptors (Lipinski definition) is 6. The normalized spacial score (nSPS) is 12.2.